The van der Waals surface area contributed by atoms with Crippen LogP contribution < -0.4 is 33.2 Å². The van der Waals surface area contributed by atoms with E-state index in [2.05, 4.69) is 16.0 Å². The summed E-state index contributed by atoms with van der Waals surface area (Å²) in [6.45, 7) is 1.58. The van der Waals surface area contributed by atoms with Gasteiger partial charge >= 0.3 is 0 Å². The molecule has 0 radical (unpaired) electrons. The summed E-state index contributed by atoms with van der Waals surface area (Å²) in [6.07, 6.45) is 0.487. The third-order valence-electron chi connectivity index (χ3n) is 4.39. The van der Waals surface area contributed by atoms with Crippen LogP contribution >= 0.6 is 0 Å². The van der Waals surface area contributed by atoms with E-state index in [0.717, 1.165) is 0 Å². The molecule has 0 saturated carbocycles. The van der Waals surface area contributed by atoms with Gasteiger partial charge in [-0.15, -0.1) is 0 Å². The summed E-state index contributed by atoms with van der Waals surface area (Å²) < 4.78 is 0. The molecular weight excluding hydrogens is 370 g/mol. The number of hydrogen-bond acceptors (Lipinski definition) is 7. The van der Waals surface area contributed by atoms with Crippen LogP contribution in [0.4, 0.5) is 0 Å². The molecule has 12 nitrogen and oxygen atoms in total. The molecule has 5 amide bonds. The fourth-order valence-electron chi connectivity index (χ4n) is 2.88. The van der Waals surface area contributed by atoms with Crippen molar-refractivity contribution in [2.24, 2.45) is 17.2 Å². The van der Waals surface area contributed by atoms with Crippen molar-refractivity contribution in [3.8, 4) is 0 Å². The molecule has 1 saturated heterocycles. The van der Waals surface area contributed by atoms with Gasteiger partial charge in [0.15, 0.2) is 0 Å². The van der Waals surface area contributed by atoms with Gasteiger partial charge in [-0.1, -0.05) is 0 Å². The van der Waals surface area contributed by atoms with E-state index in [1.54, 1.807) is 0 Å². The van der Waals surface area contributed by atoms with Crippen molar-refractivity contribution in [1.29, 1.82) is 0 Å². The number of likely N-dealkylation sites (N-methyl/N-ethyl adjacent to an activating group) is 1. The standard InChI is InChI=1S/C16H29N7O5/c1-8(18)13(25)21-9(6-12(19)24)16(28)23-5-3-4-11(23)15(27)22-10(7-17)14(26)20-2/h8-11H,3-7,17-18H2,1-2H3,(H2,19,24)(H,20,26)(H,21,25)(H,22,27)/t8-,9?,10?,11?/m0/s1. The number of carbonyl (C=O) groups is 5. The van der Waals surface area contributed by atoms with Crippen molar-refractivity contribution in [2.75, 3.05) is 20.1 Å². The van der Waals surface area contributed by atoms with E-state index in [0.29, 0.717) is 12.8 Å². The minimum absolute atomic E-state index is 0.110. The molecule has 0 aromatic rings. The molecule has 1 aliphatic heterocycles. The molecule has 0 aliphatic carbocycles. The number of nitrogens with zero attached hydrogens (tertiary/aromatic N) is 1. The van der Waals surface area contributed by atoms with E-state index in [1.165, 1.54) is 18.9 Å². The van der Waals surface area contributed by atoms with Crippen LogP contribution in [0, 0.1) is 0 Å². The molecule has 12 heteroatoms. The largest absolute Gasteiger partial charge is 0.370 e. The zero-order valence-electron chi connectivity index (χ0n) is 16.1. The Labute approximate surface area is 162 Å². The summed E-state index contributed by atoms with van der Waals surface area (Å²) in [5.74, 6) is -3.02. The lowest BCUT2D eigenvalue weighted by Gasteiger charge is -2.29. The quantitative estimate of drug-likeness (QED) is 0.226. The van der Waals surface area contributed by atoms with Crippen molar-refractivity contribution in [3.63, 3.8) is 0 Å². The second kappa shape index (κ2) is 10.6. The third kappa shape index (κ3) is 6.16. The average Bonchev–Trinajstić information content (AvgIpc) is 3.13. The van der Waals surface area contributed by atoms with Crippen LogP contribution in [0.5, 0.6) is 0 Å². The Morgan fingerprint density at radius 2 is 1.75 bits per heavy atom. The number of primary amides is 1. The molecule has 9 N–H and O–H groups in total. The molecular formula is C16H29N7O5. The lowest BCUT2D eigenvalue weighted by molar-refractivity contribution is -0.143. The number of rotatable bonds is 9. The molecule has 1 heterocycles. The number of amides is 5. The molecule has 0 spiro atoms. The first-order valence-corrected chi connectivity index (χ1v) is 8.99. The fraction of sp³-hybridized carbons (Fsp3) is 0.688. The lowest BCUT2D eigenvalue weighted by atomic mass is 10.1. The molecule has 28 heavy (non-hydrogen) atoms. The second-order valence-corrected chi connectivity index (χ2v) is 6.62. The highest BCUT2D eigenvalue weighted by Crippen LogP contribution is 2.19. The Balaban J connectivity index is 2.93. The topological polar surface area (TPSA) is 203 Å². The van der Waals surface area contributed by atoms with Gasteiger partial charge in [0.2, 0.25) is 29.5 Å². The summed E-state index contributed by atoms with van der Waals surface area (Å²) >= 11 is 0. The minimum atomic E-state index is -1.23. The summed E-state index contributed by atoms with van der Waals surface area (Å²) in [4.78, 5) is 61.6. The highest BCUT2D eigenvalue weighted by molar-refractivity contribution is 5.96. The monoisotopic (exact) mass is 399 g/mol. The predicted octanol–water partition coefficient (Wildman–Crippen LogP) is -4.13. The number of carbonyl (C=O) groups excluding carboxylic acids is 5. The van der Waals surface area contributed by atoms with Gasteiger partial charge in [0.25, 0.3) is 0 Å². The van der Waals surface area contributed by atoms with Crippen molar-refractivity contribution in [1.82, 2.24) is 20.9 Å². The van der Waals surface area contributed by atoms with Gasteiger partial charge in [-0.25, -0.2) is 0 Å². The van der Waals surface area contributed by atoms with E-state index in [9.17, 15) is 24.0 Å². The van der Waals surface area contributed by atoms with Crippen LogP contribution in [-0.2, 0) is 24.0 Å². The molecule has 158 valence electrons. The van der Waals surface area contributed by atoms with Crippen LogP contribution in [0.1, 0.15) is 26.2 Å². The van der Waals surface area contributed by atoms with Gasteiger partial charge in [-0.2, -0.15) is 0 Å². The normalized spacial score (nSPS) is 19.3. The first-order valence-electron chi connectivity index (χ1n) is 8.99. The van der Waals surface area contributed by atoms with Gasteiger partial charge in [0, 0.05) is 20.1 Å². The lowest BCUT2D eigenvalue weighted by Crippen LogP contribution is -2.58. The molecule has 0 bridgehead atoms. The SMILES string of the molecule is CNC(=O)C(CN)NC(=O)C1CCCN1C(=O)C(CC(N)=O)NC(=O)[C@H](C)N. The zero-order chi connectivity index (χ0) is 21.4. The minimum Gasteiger partial charge on any atom is -0.370 e. The second-order valence-electron chi connectivity index (χ2n) is 6.62. The summed E-state index contributed by atoms with van der Waals surface area (Å²) in [5, 5.41) is 7.30. The third-order valence-corrected chi connectivity index (χ3v) is 4.39. The van der Waals surface area contributed by atoms with Crippen molar-refractivity contribution in [2.45, 2.75) is 50.4 Å². The molecule has 4 atom stereocenters. The number of nitrogens with one attached hydrogen (secondary N) is 3. The van der Waals surface area contributed by atoms with Crippen LogP contribution in [0.25, 0.3) is 0 Å². The molecule has 0 aromatic carbocycles. The maximum Gasteiger partial charge on any atom is 0.246 e. The first-order chi connectivity index (χ1) is 13.1. The fourth-order valence-corrected chi connectivity index (χ4v) is 2.88. The first kappa shape index (κ1) is 23.3. The smallest absolute Gasteiger partial charge is 0.246 e. The van der Waals surface area contributed by atoms with E-state index >= 15 is 0 Å². The van der Waals surface area contributed by atoms with E-state index in [4.69, 9.17) is 17.2 Å². The Bertz CT molecular complexity index is 625. The number of likely N-dealkylation sites (tertiary alicyclic amines) is 1. The molecule has 0 aromatic heterocycles. The molecule has 1 aliphatic rings. The Hall–Kier alpha value is -2.73. The van der Waals surface area contributed by atoms with Crippen molar-refractivity contribution in [3.05, 3.63) is 0 Å². The highest BCUT2D eigenvalue weighted by atomic mass is 16.2. The van der Waals surface area contributed by atoms with Crippen LogP contribution in [0.15, 0.2) is 0 Å². The summed E-state index contributed by atoms with van der Waals surface area (Å²) in [6, 6.07) is -3.91. The van der Waals surface area contributed by atoms with Gasteiger partial charge < -0.3 is 38.1 Å². The highest BCUT2D eigenvalue weighted by Gasteiger charge is 2.39. The van der Waals surface area contributed by atoms with Gasteiger partial charge in [0.1, 0.15) is 18.1 Å². The average molecular weight is 399 g/mol. The van der Waals surface area contributed by atoms with E-state index in [-0.39, 0.29) is 13.1 Å². The number of hydrogen-bond donors (Lipinski definition) is 6. The number of nitrogens with two attached hydrogens (primary N) is 3. The Morgan fingerprint density at radius 1 is 1.11 bits per heavy atom. The van der Waals surface area contributed by atoms with Gasteiger partial charge in [-0.05, 0) is 19.8 Å². The van der Waals surface area contributed by atoms with Gasteiger partial charge in [-0.3, -0.25) is 24.0 Å². The van der Waals surface area contributed by atoms with Crippen LogP contribution in [0.3, 0.4) is 0 Å². The molecule has 3 unspecified atom stereocenters. The maximum atomic E-state index is 12.9. The van der Waals surface area contributed by atoms with E-state index < -0.39 is 60.1 Å². The Morgan fingerprint density at radius 3 is 2.25 bits per heavy atom. The summed E-state index contributed by atoms with van der Waals surface area (Å²) in [5.41, 5.74) is 16.2. The van der Waals surface area contributed by atoms with Crippen molar-refractivity contribution < 1.29 is 24.0 Å². The van der Waals surface area contributed by atoms with Crippen LogP contribution in [0.2, 0.25) is 0 Å². The van der Waals surface area contributed by atoms with E-state index in [1.807, 2.05) is 0 Å². The molecule has 1 fully saturated rings. The predicted molar refractivity (Wildman–Crippen MR) is 99.2 cm³/mol. The zero-order valence-corrected chi connectivity index (χ0v) is 16.1. The van der Waals surface area contributed by atoms with Crippen LogP contribution in [-0.4, -0.2) is 78.7 Å². The Kier molecular flexibility index (Phi) is 8.79. The van der Waals surface area contributed by atoms with Gasteiger partial charge in [0.05, 0.1) is 12.5 Å². The van der Waals surface area contributed by atoms with Crippen molar-refractivity contribution >= 4 is 29.5 Å². The molecule has 1 rings (SSSR count). The summed E-state index contributed by atoms with van der Waals surface area (Å²) in [7, 11) is 1.41. The maximum absolute atomic E-state index is 12.9.